The lowest BCUT2D eigenvalue weighted by atomic mass is 9.89. The van der Waals surface area contributed by atoms with E-state index >= 15 is 0 Å². The van der Waals surface area contributed by atoms with Gasteiger partial charge in [0.2, 0.25) is 0 Å². The summed E-state index contributed by atoms with van der Waals surface area (Å²) in [5, 5.41) is 3.58. The molecule has 136 valence electrons. The third-order valence-corrected chi connectivity index (χ3v) is 5.41. The van der Waals surface area contributed by atoms with Crippen LogP contribution in [0.15, 0.2) is 48.5 Å². The first-order valence-electron chi connectivity index (χ1n) is 9.12. The number of para-hydroxylation sites is 1. The molecule has 3 amide bonds. The van der Waals surface area contributed by atoms with Crippen molar-refractivity contribution >= 4 is 22.8 Å². The number of imide groups is 1. The molecule has 2 aliphatic heterocycles. The molecular weight excluding hydrogens is 342 g/mol. The molecule has 0 saturated carbocycles. The van der Waals surface area contributed by atoms with Gasteiger partial charge in [0.05, 0.1) is 6.61 Å². The molecule has 0 spiro atoms. The number of rotatable bonds is 3. The van der Waals surface area contributed by atoms with Crippen molar-refractivity contribution in [3.05, 3.63) is 65.4 Å². The Bertz CT molecular complexity index is 1050. The summed E-state index contributed by atoms with van der Waals surface area (Å²) in [5.41, 5.74) is 4.05. The second-order valence-electron chi connectivity index (χ2n) is 6.89. The molecule has 3 aromatic rings. The maximum absolute atomic E-state index is 12.6. The first-order valence-corrected chi connectivity index (χ1v) is 9.12. The van der Waals surface area contributed by atoms with Crippen molar-refractivity contribution in [1.82, 2.24) is 15.2 Å². The second kappa shape index (κ2) is 5.87. The van der Waals surface area contributed by atoms with Crippen LogP contribution in [0.3, 0.4) is 0 Å². The first-order chi connectivity index (χ1) is 13.2. The van der Waals surface area contributed by atoms with Crippen molar-refractivity contribution in [2.45, 2.75) is 25.4 Å². The highest BCUT2D eigenvalue weighted by Gasteiger charge is 2.48. The molecule has 2 atom stereocenters. The van der Waals surface area contributed by atoms with Gasteiger partial charge in [-0.05, 0) is 36.2 Å². The molecule has 27 heavy (non-hydrogen) atoms. The smallest absolute Gasteiger partial charge is 0.325 e. The van der Waals surface area contributed by atoms with Crippen molar-refractivity contribution in [2.24, 2.45) is 0 Å². The van der Waals surface area contributed by atoms with Crippen LogP contribution in [-0.4, -0.2) is 34.5 Å². The zero-order valence-electron chi connectivity index (χ0n) is 14.9. The maximum atomic E-state index is 12.6. The Morgan fingerprint density at radius 2 is 1.89 bits per heavy atom. The highest BCUT2D eigenvalue weighted by molar-refractivity contribution is 6.05. The van der Waals surface area contributed by atoms with Crippen LogP contribution in [0.25, 0.3) is 10.9 Å². The van der Waals surface area contributed by atoms with E-state index in [1.807, 2.05) is 49.4 Å². The standard InChI is InChI=1S/C21H19N3O3/c1-2-27-13-9-7-12(8-10-13)19-18-15(14-5-3-4-6-16(14)22-18)11-17-20(25)23-21(26)24(17)19/h3-10,17,19,22H,2,11H2,1H3,(H,23,25,26)/t17-,19+/m1/s1. The molecule has 0 aliphatic carbocycles. The minimum atomic E-state index is -0.485. The number of hydrogen-bond acceptors (Lipinski definition) is 3. The Morgan fingerprint density at radius 1 is 1.11 bits per heavy atom. The zero-order valence-corrected chi connectivity index (χ0v) is 14.9. The van der Waals surface area contributed by atoms with Gasteiger partial charge in [-0.1, -0.05) is 30.3 Å². The summed E-state index contributed by atoms with van der Waals surface area (Å²) in [6.45, 7) is 2.54. The Hall–Kier alpha value is -3.28. The van der Waals surface area contributed by atoms with Crippen molar-refractivity contribution in [3.63, 3.8) is 0 Å². The molecule has 2 N–H and O–H groups in total. The van der Waals surface area contributed by atoms with E-state index in [2.05, 4.69) is 16.4 Å². The molecule has 0 unspecified atom stereocenters. The quantitative estimate of drug-likeness (QED) is 0.704. The predicted octanol–water partition coefficient (Wildman–Crippen LogP) is 3.13. The molecule has 1 saturated heterocycles. The Morgan fingerprint density at radius 3 is 2.67 bits per heavy atom. The van der Waals surface area contributed by atoms with Crippen LogP contribution in [0.4, 0.5) is 4.79 Å². The number of carbonyl (C=O) groups excluding carboxylic acids is 2. The fourth-order valence-corrected chi connectivity index (χ4v) is 4.26. The SMILES string of the molecule is CCOc1ccc([C@H]2c3[nH]c4ccccc4c3C[C@@H]3C(=O)NC(=O)N23)cc1. The summed E-state index contributed by atoms with van der Waals surface area (Å²) in [5.74, 6) is 0.555. The van der Waals surface area contributed by atoms with Gasteiger partial charge in [0.25, 0.3) is 5.91 Å². The maximum Gasteiger partial charge on any atom is 0.325 e. The summed E-state index contributed by atoms with van der Waals surface area (Å²) in [6.07, 6.45) is 0.518. The average molecular weight is 361 g/mol. The lowest BCUT2D eigenvalue weighted by Gasteiger charge is -2.36. The summed E-state index contributed by atoms with van der Waals surface area (Å²) in [6, 6.07) is 14.6. The number of nitrogens with one attached hydrogen (secondary N) is 2. The number of ether oxygens (including phenoxy) is 1. The van der Waals surface area contributed by atoms with Crippen molar-refractivity contribution in [2.75, 3.05) is 6.61 Å². The third-order valence-electron chi connectivity index (χ3n) is 5.41. The number of carbonyl (C=O) groups is 2. The van der Waals surface area contributed by atoms with Crippen LogP contribution in [0.2, 0.25) is 0 Å². The minimum absolute atomic E-state index is 0.230. The van der Waals surface area contributed by atoms with E-state index in [4.69, 9.17) is 4.74 Å². The molecule has 5 rings (SSSR count). The van der Waals surface area contributed by atoms with E-state index in [9.17, 15) is 9.59 Å². The lowest BCUT2D eigenvalue weighted by molar-refractivity contribution is -0.121. The molecule has 2 aromatic carbocycles. The monoisotopic (exact) mass is 361 g/mol. The highest BCUT2D eigenvalue weighted by atomic mass is 16.5. The second-order valence-corrected chi connectivity index (χ2v) is 6.89. The van der Waals surface area contributed by atoms with E-state index < -0.39 is 6.04 Å². The van der Waals surface area contributed by atoms with E-state index in [1.54, 1.807) is 4.90 Å². The summed E-state index contributed by atoms with van der Waals surface area (Å²) >= 11 is 0. The van der Waals surface area contributed by atoms with Crippen molar-refractivity contribution in [3.8, 4) is 5.75 Å². The molecule has 0 bridgehead atoms. The highest BCUT2D eigenvalue weighted by Crippen LogP contribution is 2.42. The van der Waals surface area contributed by atoms with Gasteiger partial charge < -0.3 is 9.72 Å². The van der Waals surface area contributed by atoms with Gasteiger partial charge in [0, 0.05) is 23.0 Å². The molecule has 2 aliphatic rings. The van der Waals surface area contributed by atoms with Crippen LogP contribution in [0.1, 0.15) is 29.8 Å². The number of H-pyrrole nitrogens is 1. The van der Waals surface area contributed by atoms with Gasteiger partial charge >= 0.3 is 6.03 Å². The summed E-state index contributed by atoms with van der Waals surface area (Å²) in [7, 11) is 0. The lowest BCUT2D eigenvalue weighted by Crippen LogP contribution is -2.44. The largest absolute Gasteiger partial charge is 0.494 e. The topological polar surface area (TPSA) is 74.4 Å². The molecule has 1 fully saturated rings. The summed E-state index contributed by atoms with van der Waals surface area (Å²) in [4.78, 5) is 30.1. The van der Waals surface area contributed by atoms with Crippen LogP contribution in [0, 0.1) is 0 Å². The molecule has 6 heteroatoms. The van der Waals surface area contributed by atoms with Crippen molar-refractivity contribution < 1.29 is 14.3 Å². The number of hydrogen-bond donors (Lipinski definition) is 2. The first kappa shape index (κ1) is 15.9. The van der Waals surface area contributed by atoms with Gasteiger partial charge in [-0.25, -0.2) is 4.79 Å². The van der Waals surface area contributed by atoms with E-state index in [0.717, 1.165) is 33.5 Å². The number of fused-ring (bicyclic) bond motifs is 4. The number of urea groups is 1. The fourth-order valence-electron chi connectivity index (χ4n) is 4.26. The number of nitrogens with zero attached hydrogens (tertiary/aromatic N) is 1. The molecular formula is C21H19N3O3. The molecule has 6 nitrogen and oxygen atoms in total. The van der Waals surface area contributed by atoms with Gasteiger partial charge in [0.1, 0.15) is 17.8 Å². The normalized spacial score (nSPS) is 21.1. The Kier molecular flexibility index (Phi) is 3.47. The van der Waals surface area contributed by atoms with Crippen LogP contribution < -0.4 is 10.1 Å². The predicted molar refractivity (Wildman–Crippen MR) is 101 cm³/mol. The van der Waals surface area contributed by atoms with Crippen molar-refractivity contribution in [1.29, 1.82) is 0 Å². The van der Waals surface area contributed by atoms with Crippen LogP contribution >= 0.6 is 0 Å². The van der Waals surface area contributed by atoms with E-state index in [0.29, 0.717) is 13.0 Å². The van der Waals surface area contributed by atoms with E-state index in [-0.39, 0.29) is 18.0 Å². The number of benzene rings is 2. The number of aromatic amines is 1. The van der Waals surface area contributed by atoms with Gasteiger partial charge in [0.15, 0.2) is 0 Å². The average Bonchev–Trinajstić information content (AvgIpc) is 3.19. The number of amides is 3. The van der Waals surface area contributed by atoms with Crippen LogP contribution in [0.5, 0.6) is 5.75 Å². The van der Waals surface area contributed by atoms with Gasteiger partial charge in [-0.15, -0.1) is 0 Å². The number of aromatic nitrogens is 1. The van der Waals surface area contributed by atoms with Gasteiger partial charge in [-0.2, -0.15) is 0 Å². The third kappa shape index (κ3) is 2.33. The fraction of sp³-hybridized carbons (Fsp3) is 0.238. The van der Waals surface area contributed by atoms with E-state index in [1.165, 1.54) is 0 Å². The Balaban J connectivity index is 1.69. The molecule has 0 radical (unpaired) electrons. The van der Waals surface area contributed by atoms with Crippen LogP contribution in [-0.2, 0) is 11.2 Å². The summed E-state index contributed by atoms with van der Waals surface area (Å²) < 4.78 is 5.54. The Labute approximate surface area is 156 Å². The molecule has 3 heterocycles. The molecule has 1 aromatic heterocycles. The minimum Gasteiger partial charge on any atom is -0.494 e. The van der Waals surface area contributed by atoms with Gasteiger partial charge in [-0.3, -0.25) is 15.0 Å². The zero-order chi connectivity index (χ0) is 18.5.